The molecule has 0 heterocycles. The van der Waals surface area contributed by atoms with Crippen LogP contribution in [-0.4, -0.2) is 12.6 Å². The van der Waals surface area contributed by atoms with Gasteiger partial charge < -0.3 is 4.74 Å². The molecule has 1 aromatic carbocycles. The van der Waals surface area contributed by atoms with Gasteiger partial charge in [-0.15, -0.1) is 12.6 Å². The molecule has 1 atom stereocenters. The minimum atomic E-state index is -0.205. The molecule has 0 fully saturated rings. The molecule has 0 saturated heterocycles. The van der Waals surface area contributed by atoms with E-state index in [1.807, 2.05) is 25.1 Å². The van der Waals surface area contributed by atoms with Gasteiger partial charge in [-0.05, 0) is 42.6 Å². The summed E-state index contributed by atoms with van der Waals surface area (Å²) in [4.78, 5) is 12.7. The fourth-order valence-corrected chi connectivity index (χ4v) is 2.67. The average molecular weight is 262 g/mol. The number of carbonyl (C=O) groups excluding carboxylic acids is 1. The zero-order chi connectivity index (χ0) is 13.0. The summed E-state index contributed by atoms with van der Waals surface area (Å²) in [5, 5.41) is 0. The molecule has 1 aliphatic rings. The van der Waals surface area contributed by atoms with Gasteiger partial charge in [0.05, 0.1) is 6.61 Å². The summed E-state index contributed by atoms with van der Waals surface area (Å²) in [5.41, 5.74) is 2.04. The van der Waals surface area contributed by atoms with E-state index in [0.29, 0.717) is 12.5 Å². The molecule has 2 nitrogen and oxygen atoms in total. The molecule has 0 spiro atoms. The summed E-state index contributed by atoms with van der Waals surface area (Å²) in [6.07, 6.45) is 2.64. The molecule has 2 rings (SSSR count). The predicted octanol–water partition coefficient (Wildman–Crippen LogP) is 3.70. The maximum absolute atomic E-state index is 11.9. The summed E-state index contributed by atoms with van der Waals surface area (Å²) in [7, 11) is 0. The molecule has 1 aliphatic carbocycles. The van der Waals surface area contributed by atoms with E-state index in [9.17, 15) is 4.79 Å². The number of esters is 1. The van der Waals surface area contributed by atoms with E-state index >= 15 is 0 Å². The van der Waals surface area contributed by atoms with Crippen molar-refractivity contribution in [1.29, 1.82) is 0 Å². The first-order chi connectivity index (χ1) is 8.72. The summed E-state index contributed by atoms with van der Waals surface area (Å²) in [6, 6.07) is 10.3. The Morgan fingerprint density at radius 2 is 2.11 bits per heavy atom. The summed E-state index contributed by atoms with van der Waals surface area (Å²) >= 11 is 4.42. The number of ether oxygens (including phenoxy) is 1. The molecular weight excluding hydrogens is 244 g/mol. The predicted molar refractivity (Wildman–Crippen MR) is 75.7 cm³/mol. The number of rotatable bonds is 3. The van der Waals surface area contributed by atoms with Crippen LogP contribution in [0.2, 0.25) is 0 Å². The number of hydrogen-bond acceptors (Lipinski definition) is 3. The Labute approximate surface area is 113 Å². The highest BCUT2D eigenvalue weighted by atomic mass is 32.1. The normalized spacial score (nSPS) is 19.8. The summed E-state index contributed by atoms with van der Waals surface area (Å²) in [6.45, 7) is 2.24. The average Bonchev–Trinajstić information content (AvgIpc) is 2.40. The van der Waals surface area contributed by atoms with Crippen molar-refractivity contribution in [2.45, 2.75) is 32.1 Å². The third-order valence-corrected chi connectivity index (χ3v) is 3.81. The standard InChI is InChI=1S/C15H18O2S/c1-2-17-15(16)13-10-12(8-9-14(13)18)11-6-4-3-5-7-11/h3-7,12,18H,2,8-10H2,1H3. The fourth-order valence-electron chi connectivity index (χ4n) is 2.36. The monoisotopic (exact) mass is 262 g/mol. The van der Waals surface area contributed by atoms with Gasteiger partial charge >= 0.3 is 5.97 Å². The Balaban J connectivity index is 2.15. The van der Waals surface area contributed by atoms with E-state index < -0.39 is 0 Å². The minimum absolute atomic E-state index is 0.205. The van der Waals surface area contributed by atoms with Crippen molar-refractivity contribution in [2.24, 2.45) is 0 Å². The number of allylic oxidation sites excluding steroid dienone is 1. The number of carbonyl (C=O) groups is 1. The molecule has 0 aromatic heterocycles. The zero-order valence-electron chi connectivity index (χ0n) is 10.6. The third-order valence-electron chi connectivity index (χ3n) is 3.32. The molecule has 0 bridgehead atoms. The van der Waals surface area contributed by atoms with Gasteiger partial charge in [-0.25, -0.2) is 4.79 Å². The van der Waals surface area contributed by atoms with Crippen molar-refractivity contribution < 1.29 is 9.53 Å². The second-order valence-corrected chi connectivity index (χ2v) is 5.04. The van der Waals surface area contributed by atoms with Crippen molar-refractivity contribution in [3.63, 3.8) is 0 Å². The minimum Gasteiger partial charge on any atom is -0.463 e. The van der Waals surface area contributed by atoms with Gasteiger partial charge in [-0.3, -0.25) is 0 Å². The van der Waals surface area contributed by atoms with Gasteiger partial charge in [0, 0.05) is 5.57 Å². The molecular formula is C15H18O2S. The van der Waals surface area contributed by atoms with E-state index in [0.717, 1.165) is 29.7 Å². The van der Waals surface area contributed by atoms with Crippen LogP contribution in [0.25, 0.3) is 0 Å². The van der Waals surface area contributed by atoms with E-state index in [1.165, 1.54) is 5.56 Å². The Hall–Kier alpha value is -1.22. The van der Waals surface area contributed by atoms with Crippen molar-refractivity contribution in [1.82, 2.24) is 0 Å². The first-order valence-corrected chi connectivity index (χ1v) is 6.80. The highest BCUT2D eigenvalue weighted by Crippen LogP contribution is 2.37. The van der Waals surface area contributed by atoms with Gasteiger partial charge in [0.15, 0.2) is 0 Å². The Kier molecular flexibility index (Phi) is 4.48. The van der Waals surface area contributed by atoms with Gasteiger partial charge in [-0.1, -0.05) is 30.3 Å². The van der Waals surface area contributed by atoms with Crippen LogP contribution in [0.5, 0.6) is 0 Å². The van der Waals surface area contributed by atoms with Gasteiger partial charge in [-0.2, -0.15) is 0 Å². The van der Waals surface area contributed by atoms with E-state index in [2.05, 4.69) is 24.8 Å². The Bertz CT molecular complexity index is 451. The first kappa shape index (κ1) is 13.2. The maximum Gasteiger partial charge on any atom is 0.334 e. The lowest BCUT2D eigenvalue weighted by molar-refractivity contribution is -0.138. The van der Waals surface area contributed by atoms with Gasteiger partial charge in [0.2, 0.25) is 0 Å². The van der Waals surface area contributed by atoms with Crippen molar-refractivity contribution >= 4 is 18.6 Å². The quantitative estimate of drug-likeness (QED) is 0.664. The molecule has 0 saturated carbocycles. The Morgan fingerprint density at radius 3 is 2.78 bits per heavy atom. The zero-order valence-corrected chi connectivity index (χ0v) is 11.5. The van der Waals surface area contributed by atoms with Crippen LogP contribution in [0.3, 0.4) is 0 Å². The lowest BCUT2D eigenvalue weighted by Crippen LogP contribution is -2.16. The highest BCUT2D eigenvalue weighted by molar-refractivity contribution is 7.84. The molecule has 1 aromatic rings. The molecule has 0 aliphatic heterocycles. The lowest BCUT2D eigenvalue weighted by Gasteiger charge is -2.24. The van der Waals surface area contributed by atoms with Crippen molar-refractivity contribution in [3.8, 4) is 0 Å². The maximum atomic E-state index is 11.9. The molecule has 3 heteroatoms. The molecule has 0 radical (unpaired) electrons. The van der Waals surface area contributed by atoms with E-state index in [4.69, 9.17) is 4.74 Å². The summed E-state index contributed by atoms with van der Waals surface area (Å²) in [5.74, 6) is 0.199. The van der Waals surface area contributed by atoms with Crippen molar-refractivity contribution in [2.75, 3.05) is 6.61 Å². The van der Waals surface area contributed by atoms with Gasteiger partial charge in [0.25, 0.3) is 0 Å². The van der Waals surface area contributed by atoms with E-state index in [1.54, 1.807) is 0 Å². The number of hydrogen-bond donors (Lipinski definition) is 1. The SMILES string of the molecule is CCOC(=O)C1=C(S)CCC(c2ccccc2)C1. The molecule has 0 amide bonds. The van der Waals surface area contributed by atoms with Crippen LogP contribution >= 0.6 is 12.6 Å². The molecule has 1 unspecified atom stereocenters. The van der Waals surface area contributed by atoms with Crippen LogP contribution in [0.1, 0.15) is 37.7 Å². The van der Waals surface area contributed by atoms with E-state index in [-0.39, 0.29) is 5.97 Å². The topological polar surface area (TPSA) is 26.3 Å². The lowest BCUT2D eigenvalue weighted by atomic mass is 9.83. The molecule has 96 valence electrons. The van der Waals surface area contributed by atoms with Crippen LogP contribution < -0.4 is 0 Å². The molecule has 18 heavy (non-hydrogen) atoms. The largest absolute Gasteiger partial charge is 0.463 e. The molecule has 0 N–H and O–H groups in total. The summed E-state index contributed by atoms with van der Waals surface area (Å²) < 4.78 is 5.09. The number of benzene rings is 1. The van der Waals surface area contributed by atoms with Crippen molar-refractivity contribution in [3.05, 3.63) is 46.4 Å². The third kappa shape index (κ3) is 2.96. The smallest absolute Gasteiger partial charge is 0.334 e. The second kappa shape index (κ2) is 6.10. The van der Waals surface area contributed by atoms with Crippen LogP contribution in [0, 0.1) is 0 Å². The van der Waals surface area contributed by atoms with Gasteiger partial charge in [0.1, 0.15) is 0 Å². The highest BCUT2D eigenvalue weighted by Gasteiger charge is 2.25. The first-order valence-electron chi connectivity index (χ1n) is 6.35. The Morgan fingerprint density at radius 1 is 1.39 bits per heavy atom. The van der Waals surface area contributed by atoms with Crippen LogP contribution in [0.4, 0.5) is 0 Å². The second-order valence-electron chi connectivity index (χ2n) is 4.50. The van der Waals surface area contributed by atoms with Crippen LogP contribution in [0.15, 0.2) is 40.8 Å². The van der Waals surface area contributed by atoms with Crippen LogP contribution in [-0.2, 0) is 9.53 Å². The fraction of sp³-hybridized carbons (Fsp3) is 0.400. The number of thiol groups is 1.